The summed E-state index contributed by atoms with van der Waals surface area (Å²) < 4.78 is 18.6. The molecule has 0 spiro atoms. The molecule has 1 N–H and O–H groups in total. The van der Waals surface area contributed by atoms with E-state index in [0.29, 0.717) is 19.6 Å². The summed E-state index contributed by atoms with van der Waals surface area (Å²) in [5, 5.41) is 9.22. The third-order valence-electron chi connectivity index (χ3n) is 5.20. The summed E-state index contributed by atoms with van der Waals surface area (Å²) in [4.78, 5) is 28.0. The highest BCUT2D eigenvalue weighted by molar-refractivity contribution is 5.91. The summed E-state index contributed by atoms with van der Waals surface area (Å²) in [5.41, 5.74) is 1.06. The smallest absolute Gasteiger partial charge is 0.339 e. The first kappa shape index (κ1) is 20.8. The number of amides is 1. The summed E-state index contributed by atoms with van der Waals surface area (Å²) in [7, 11) is 0. The van der Waals surface area contributed by atoms with Crippen LogP contribution in [0.5, 0.6) is 5.75 Å². The molecule has 0 aromatic heterocycles. The van der Waals surface area contributed by atoms with Crippen molar-refractivity contribution >= 4 is 11.9 Å². The van der Waals surface area contributed by atoms with Gasteiger partial charge in [-0.3, -0.25) is 9.69 Å². The molecule has 0 bridgehead atoms. The maximum absolute atomic E-state index is 13.1. The molecule has 3 rings (SSSR count). The standard InChI is InChI=1S/C22H25FN2O4/c1-15-12-25(16(2)11-24(15)13-17-7-9-18(23)10-8-17)21(26)14-29-20-6-4-3-5-19(20)22(27)28/h3-10,15-16H,11-14H2,1-2H3,(H,27,28)/t15-,16+/m0/s1. The van der Waals surface area contributed by atoms with Crippen molar-refractivity contribution in [3.63, 3.8) is 0 Å². The van der Waals surface area contributed by atoms with E-state index in [2.05, 4.69) is 11.8 Å². The van der Waals surface area contributed by atoms with Gasteiger partial charge >= 0.3 is 5.97 Å². The van der Waals surface area contributed by atoms with Gasteiger partial charge in [0.15, 0.2) is 6.61 Å². The Morgan fingerprint density at radius 3 is 2.45 bits per heavy atom. The lowest BCUT2D eigenvalue weighted by molar-refractivity contribution is -0.139. The molecule has 29 heavy (non-hydrogen) atoms. The topological polar surface area (TPSA) is 70.1 Å². The molecule has 0 unspecified atom stereocenters. The van der Waals surface area contributed by atoms with Crippen LogP contribution in [0.2, 0.25) is 0 Å². The summed E-state index contributed by atoms with van der Waals surface area (Å²) in [5.74, 6) is -1.34. The molecule has 1 amide bonds. The lowest BCUT2D eigenvalue weighted by atomic mass is 10.1. The van der Waals surface area contributed by atoms with Gasteiger partial charge < -0.3 is 14.7 Å². The van der Waals surface area contributed by atoms with Gasteiger partial charge in [0, 0.05) is 31.7 Å². The molecule has 2 aromatic rings. The van der Waals surface area contributed by atoms with Gasteiger partial charge in [0.2, 0.25) is 0 Å². The van der Waals surface area contributed by atoms with E-state index >= 15 is 0 Å². The van der Waals surface area contributed by atoms with Gasteiger partial charge in [0.05, 0.1) is 0 Å². The molecular weight excluding hydrogens is 375 g/mol. The van der Waals surface area contributed by atoms with Crippen molar-refractivity contribution < 1.29 is 23.8 Å². The second-order valence-corrected chi connectivity index (χ2v) is 7.39. The van der Waals surface area contributed by atoms with Crippen LogP contribution in [0.15, 0.2) is 48.5 Å². The van der Waals surface area contributed by atoms with Gasteiger partial charge in [-0.05, 0) is 43.7 Å². The number of carboxylic acid groups (broad SMARTS) is 1. The molecule has 1 saturated heterocycles. The number of halogens is 1. The maximum Gasteiger partial charge on any atom is 0.339 e. The van der Waals surface area contributed by atoms with Crippen LogP contribution < -0.4 is 4.74 Å². The predicted molar refractivity (Wildman–Crippen MR) is 106 cm³/mol. The Morgan fingerprint density at radius 1 is 1.07 bits per heavy atom. The van der Waals surface area contributed by atoms with Crippen molar-refractivity contribution in [1.29, 1.82) is 0 Å². The molecule has 1 fully saturated rings. The molecule has 0 saturated carbocycles. The number of hydrogen-bond donors (Lipinski definition) is 1. The first-order valence-corrected chi connectivity index (χ1v) is 9.58. The Balaban J connectivity index is 1.59. The SMILES string of the molecule is C[C@@H]1CN(Cc2ccc(F)cc2)[C@@H](C)CN1C(=O)COc1ccccc1C(=O)O. The number of hydrogen-bond acceptors (Lipinski definition) is 4. The number of piperazine rings is 1. The summed E-state index contributed by atoms with van der Waals surface area (Å²) in [6.07, 6.45) is 0. The molecule has 6 nitrogen and oxygen atoms in total. The molecule has 2 aromatic carbocycles. The molecular formula is C22H25FN2O4. The molecule has 2 atom stereocenters. The number of nitrogens with zero attached hydrogens (tertiary/aromatic N) is 2. The lowest BCUT2D eigenvalue weighted by Gasteiger charge is -2.44. The minimum absolute atomic E-state index is 0.0162. The number of aromatic carboxylic acids is 1. The molecule has 1 heterocycles. The van der Waals surface area contributed by atoms with Gasteiger partial charge in [-0.2, -0.15) is 0 Å². The quantitative estimate of drug-likeness (QED) is 0.807. The van der Waals surface area contributed by atoms with Gasteiger partial charge in [0.1, 0.15) is 17.1 Å². The highest BCUT2D eigenvalue weighted by Gasteiger charge is 2.32. The van der Waals surface area contributed by atoms with Crippen molar-refractivity contribution in [2.24, 2.45) is 0 Å². The van der Waals surface area contributed by atoms with Crippen LogP contribution in [0.3, 0.4) is 0 Å². The summed E-state index contributed by atoms with van der Waals surface area (Å²) >= 11 is 0. The average molecular weight is 400 g/mol. The van der Waals surface area contributed by atoms with Crippen molar-refractivity contribution in [3.05, 3.63) is 65.5 Å². The first-order chi connectivity index (χ1) is 13.8. The summed E-state index contributed by atoms with van der Waals surface area (Å²) in [6.45, 7) is 5.75. The Labute approximate surface area is 169 Å². The van der Waals surface area contributed by atoms with Crippen LogP contribution in [0.25, 0.3) is 0 Å². The number of carbonyl (C=O) groups excluding carboxylic acids is 1. The van der Waals surface area contributed by atoms with Gasteiger partial charge in [0.25, 0.3) is 5.91 Å². The fourth-order valence-corrected chi connectivity index (χ4v) is 3.58. The molecule has 154 valence electrons. The number of carboxylic acids is 1. The van der Waals surface area contributed by atoms with Crippen LogP contribution in [0, 0.1) is 5.82 Å². The van der Waals surface area contributed by atoms with E-state index in [9.17, 15) is 19.1 Å². The van der Waals surface area contributed by atoms with Crippen LogP contribution in [0.4, 0.5) is 4.39 Å². The number of carbonyl (C=O) groups is 2. The predicted octanol–water partition coefficient (Wildman–Crippen LogP) is 3.02. The van der Waals surface area contributed by atoms with Gasteiger partial charge in [-0.15, -0.1) is 0 Å². The van der Waals surface area contributed by atoms with Crippen molar-refractivity contribution in [2.45, 2.75) is 32.5 Å². The average Bonchev–Trinajstić information content (AvgIpc) is 2.70. The second kappa shape index (κ2) is 9.05. The normalized spacial score (nSPS) is 19.8. The van der Waals surface area contributed by atoms with Gasteiger partial charge in [-0.25, -0.2) is 9.18 Å². The van der Waals surface area contributed by atoms with E-state index in [4.69, 9.17) is 4.74 Å². The zero-order chi connectivity index (χ0) is 21.0. The fraction of sp³-hybridized carbons (Fsp3) is 0.364. The second-order valence-electron chi connectivity index (χ2n) is 7.39. The van der Waals surface area contributed by atoms with Crippen molar-refractivity contribution in [3.8, 4) is 5.75 Å². The zero-order valence-electron chi connectivity index (χ0n) is 16.5. The first-order valence-electron chi connectivity index (χ1n) is 9.58. The maximum atomic E-state index is 13.1. The Hall–Kier alpha value is -2.93. The van der Waals surface area contributed by atoms with Crippen molar-refractivity contribution in [1.82, 2.24) is 9.80 Å². The number of benzene rings is 2. The Kier molecular flexibility index (Phi) is 6.49. The van der Waals surface area contributed by atoms with Gasteiger partial charge in [-0.1, -0.05) is 24.3 Å². The van der Waals surface area contributed by atoms with Crippen LogP contribution >= 0.6 is 0 Å². The number of rotatable bonds is 6. The molecule has 0 radical (unpaired) electrons. The molecule has 1 aliphatic heterocycles. The van der Waals surface area contributed by atoms with E-state index in [1.807, 2.05) is 6.92 Å². The highest BCUT2D eigenvalue weighted by atomic mass is 19.1. The minimum atomic E-state index is -1.09. The third kappa shape index (κ3) is 5.12. The Morgan fingerprint density at radius 2 is 1.76 bits per heavy atom. The van der Waals surface area contributed by atoms with E-state index in [1.54, 1.807) is 35.2 Å². The van der Waals surface area contributed by atoms with Crippen molar-refractivity contribution in [2.75, 3.05) is 19.7 Å². The largest absolute Gasteiger partial charge is 0.483 e. The molecule has 0 aliphatic carbocycles. The number of para-hydroxylation sites is 1. The lowest BCUT2D eigenvalue weighted by Crippen LogP contribution is -2.58. The molecule has 1 aliphatic rings. The van der Waals surface area contributed by atoms with Crippen LogP contribution in [0.1, 0.15) is 29.8 Å². The van der Waals surface area contributed by atoms with E-state index in [0.717, 1.165) is 5.56 Å². The fourth-order valence-electron chi connectivity index (χ4n) is 3.58. The van der Waals surface area contributed by atoms with Crippen LogP contribution in [-0.4, -0.2) is 58.6 Å². The van der Waals surface area contributed by atoms with E-state index < -0.39 is 5.97 Å². The number of ether oxygens (including phenoxy) is 1. The Bertz CT molecular complexity index is 871. The highest BCUT2D eigenvalue weighted by Crippen LogP contribution is 2.21. The molecule has 7 heteroatoms. The van der Waals surface area contributed by atoms with E-state index in [-0.39, 0.29) is 41.7 Å². The third-order valence-corrected chi connectivity index (χ3v) is 5.20. The summed E-state index contributed by atoms with van der Waals surface area (Å²) in [6, 6.07) is 12.8. The monoisotopic (exact) mass is 400 g/mol. The van der Waals surface area contributed by atoms with E-state index in [1.165, 1.54) is 18.2 Å². The zero-order valence-corrected chi connectivity index (χ0v) is 16.5. The minimum Gasteiger partial charge on any atom is -0.483 e. The van der Waals surface area contributed by atoms with Crippen LogP contribution in [-0.2, 0) is 11.3 Å².